The molecule has 0 radical (unpaired) electrons. The summed E-state index contributed by atoms with van der Waals surface area (Å²) in [7, 11) is 5.81. The van der Waals surface area contributed by atoms with Gasteiger partial charge in [0, 0.05) is 54.1 Å². The second-order valence-electron chi connectivity index (χ2n) is 9.25. The third-order valence-electron chi connectivity index (χ3n) is 6.76. The molecule has 3 N–H and O–H groups in total. The molecule has 9 nitrogen and oxygen atoms in total. The first-order valence-electron chi connectivity index (χ1n) is 12.2. The van der Waals surface area contributed by atoms with Gasteiger partial charge < -0.3 is 30.2 Å². The highest BCUT2D eigenvalue weighted by molar-refractivity contribution is 6.02. The second kappa shape index (κ2) is 10.3. The number of aromatic amines is 1. The minimum atomic E-state index is -0.279. The summed E-state index contributed by atoms with van der Waals surface area (Å²) >= 11 is 0. The van der Waals surface area contributed by atoms with Crippen LogP contribution in [0.15, 0.2) is 67.5 Å². The number of nitrogens with one attached hydrogen (secondary N) is 3. The first-order valence-corrected chi connectivity index (χ1v) is 12.2. The van der Waals surface area contributed by atoms with Crippen LogP contribution in [0.5, 0.6) is 5.75 Å². The summed E-state index contributed by atoms with van der Waals surface area (Å²) in [6.45, 7) is 5.34. The van der Waals surface area contributed by atoms with Crippen molar-refractivity contribution in [2.24, 2.45) is 0 Å². The SMILES string of the molecule is C=CC(=O)Nc1cc(Nc2nccc(-c3c[nH]c4ccccc34)n2)c(OC)cc1N1CC[C@@H](N(C)C)C1. The number of rotatable bonds is 8. The number of ether oxygens (including phenoxy) is 1. The smallest absolute Gasteiger partial charge is 0.247 e. The van der Waals surface area contributed by atoms with Gasteiger partial charge in [-0.05, 0) is 44.8 Å². The number of carbonyl (C=O) groups excluding carboxylic acids is 1. The summed E-state index contributed by atoms with van der Waals surface area (Å²) in [6, 6.07) is 14.2. The van der Waals surface area contributed by atoms with E-state index in [2.05, 4.69) is 57.1 Å². The molecule has 0 saturated carbocycles. The Labute approximate surface area is 216 Å². The Morgan fingerprint density at radius 1 is 1.24 bits per heavy atom. The van der Waals surface area contributed by atoms with E-state index < -0.39 is 0 Å². The maximum Gasteiger partial charge on any atom is 0.247 e. The van der Waals surface area contributed by atoms with Gasteiger partial charge in [0.25, 0.3) is 0 Å². The van der Waals surface area contributed by atoms with Crippen molar-refractivity contribution in [3.63, 3.8) is 0 Å². The maximum atomic E-state index is 12.3. The highest BCUT2D eigenvalue weighted by Gasteiger charge is 2.27. The summed E-state index contributed by atoms with van der Waals surface area (Å²) in [5.74, 6) is 0.767. The van der Waals surface area contributed by atoms with Gasteiger partial charge in [0.15, 0.2) is 0 Å². The molecule has 5 rings (SSSR count). The summed E-state index contributed by atoms with van der Waals surface area (Å²) in [6.07, 6.45) is 5.98. The molecular weight excluding hydrogens is 466 g/mol. The number of H-pyrrole nitrogens is 1. The van der Waals surface area contributed by atoms with Gasteiger partial charge >= 0.3 is 0 Å². The van der Waals surface area contributed by atoms with E-state index in [4.69, 9.17) is 9.72 Å². The van der Waals surface area contributed by atoms with Gasteiger partial charge in [-0.15, -0.1) is 0 Å². The predicted octanol–water partition coefficient (Wildman–Crippen LogP) is 4.64. The molecule has 4 aromatic rings. The average molecular weight is 498 g/mol. The summed E-state index contributed by atoms with van der Waals surface area (Å²) < 4.78 is 5.75. The van der Waals surface area contributed by atoms with Gasteiger partial charge in [0.1, 0.15) is 5.75 Å². The highest BCUT2D eigenvalue weighted by Crippen LogP contribution is 2.40. The lowest BCUT2D eigenvalue weighted by atomic mass is 10.1. The minimum absolute atomic E-state index is 0.279. The number of likely N-dealkylation sites (N-methyl/N-ethyl adjacent to an activating group) is 1. The fourth-order valence-corrected chi connectivity index (χ4v) is 4.74. The minimum Gasteiger partial charge on any atom is -0.494 e. The number of aromatic nitrogens is 3. The van der Waals surface area contributed by atoms with Crippen LogP contribution in [0.2, 0.25) is 0 Å². The molecule has 2 aromatic heterocycles. The molecule has 1 saturated heterocycles. The van der Waals surface area contributed by atoms with Gasteiger partial charge in [-0.2, -0.15) is 0 Å². The van der Waals surface area contributed by atoms with Crippen LogP contribution >= 0.6 is 0 Å². The van der Waals surface area contributed by atoms with E-state index >= 15 is 0 Å². The molecule has 1 aliphatic rings. The van der Waals surface area contributed by atoms with Crippen LogP contribution in [0.4, 0.5) is 23.0 Å². The number of hydrogen-bond donors (Lipinski definition) is 3. The molecule has 2 aromatic carbocycles. The number of nitrogens with zero attached hydrogens (tertiary/aromatic N) is 4. The molecule has 3 heterocycles. The summed E-state index contributed by atoms with van der Waals surface area (Å²) in [4.78, 5) is 29.3. The zero-order chi connectivity index (χ0) is 25.9. The van der Waals surface area contributed by atoms with E-state index in [1.807, 2.05) is 42.6 Å². The molecule has 190 valence electrons. The molecule has 1 fully saturated rings. The van der Waals surface area contributed by atoms with Gasteiger partial charge in [-0.25, -0.2) is 9.97 Å². The van der Waals surface area contributed by atoms with Crippen molar-refractivity contribution in [2.45, 2.75) is 12.5 Å². The summed E-state index contributed by atoms with van der Waals surface area (Å²) in [5.41, 5.74) is 5.04. The number of hydrogen-bond acceptors (Lipinski definition) is 7. The van der Waals surface area contributed by atoms with Crippen LogP contribution in [-0.4, -0.2) is 66.1 Å². The van der Waals surface area contributed by atoms with E-state index in [1.54, 1.807) is 13.3 Å². The largest absolute Gasteiger partial charge is 0.494 e. The van der Waals surface area contributed by atoms with Crippen molar-refractivity contribution >= 4 is 39.8 Å². The monoisotopic (exact) mass is 497 g/mol. The number of fused-ring (bicyclic) bond motifs is 1. The van der Waals surface area contributed by atoms with E-state index in [0.717, 1.165) is 47.4 Å². The molecule has 1 aliphatic heterocycles. The van der Waals surface area contributed by atoms with Crippen LogP contribution < -0.4 is 20.3 Å². The van der Waals surface area contributed by atoms with Crippen molar-refractivity contribution in [1.29, 1.82) is 0 Å². The lowest BCUT2D eigenvalue weighted by Crippen LogP contribution is -2.31. The number of carbonyl (C=O) groups is 1. The number of benzene rings is 2. The van der Waals surface area contributed by atoms with Crippen molar-refractivity contribution in [3.05, 3.63) is 67.5 Å². The van der Waals surface area contributed by atoms with Gasteiger partial charge in [0.2, 0.25) is 11.9 Å². The zero-order valence-electron chi connectivity index (χ0n) is 21.3. The van der Waals surface area contributed by atoms with E-state index in [1.165, 1.54) is 6.08 Å². The Kier molecular flexibility index (Phi) is 6.78. The fourth-order valence-electron chi connectivity index (χ4n) is 4.74. The Balaban J connectivity index is 1.49. The predicted molar refractivity (Wildman–Crippen MR) is 149 cm³/mol. The number of amides is 1. The third kappa shape index (κ3) is 4.99. The van der Waals surface area contributed by atoms with Gasteiger partial charge in [0.05, 0.1) is 29.9 Å². The molecule has 9 heteroatoms. The molecular formula is C28H31N7O2. The Morgan fingerprint density at radius 2 is 2.08 bits per heavy atom. The van der Waals surface area contributed by atoms with E-state index in [-0.39, 0.29) is 5.91 Å². The van der Waals surface area contributed by atoms with E-state index in [0.29, 0.717) is 29.1 Å². The number of anilines is 4. The summed E-state index contributed by atoms with van der Waals surface area (Å²) in [5, 5.41) is 7.34. The lowest BCUT2D eigenvalue weighted by Gasteiger charge is -2.25. The van der Waals surface area contributed by atoms with Crippen molar-refractivity contribution in [2.75, 3.05) is 49.8 Å². The Bertz CT molecular complexity index is 1450. The van der Waals surface area contributed by atoms with Crippen molar-refractivity contribution < 1.29 is 9.53 Å². The molecule has 0 aliphatic carbocycles. The fraction of sp³-hybridized carbons (Fsp3) is 0.250. The van der Waals surface area contributed by atoms with E-state index in [9.17, 15) is 4.79 Å². The average Bonchev–Trinajstić information content (AvgIpc) is 3.57. The second-order valence-corrected chi connectivity index (χ2v) is 9.25. The maximum absolute atomic E-state index is 12.3. The first-order chi connectivity index (χ1) is 18.0. The van der Waals surface area contributed by atoms with Gasteiger partial charge in [-0.3, -0.25) is 4.79 Å². The Hall–Kier alpha value is -4.37. The van der Waals surface area contributed by atoms with Gasteiger partial charge in [-0.1, -0.05) is 24.8 Å². The van der Waals surface area contributed by atoms with Crippen LogP contribution in [0.3, 0.4) is 0 Å². The van der Waals surface area contributed by atoms with Crippen molar-refractivity contribution in [1.82, 2.24) is 19.9 Å². The molecule has 0 spiro atoms. The molecule has 37 heavy (non-hydrogen) atoms. The standard InChI is InChI=1S/C28H31N7O2/c1-5-27(36)31-23-14-24(26(37-4)15-25(23)35-13-11-18(17-35)34(2)3)33-28-29-12-10-22(32-28)20-16-30-21-9-7-6-8-19(20)21/h5-10,12,14-16,18,30H,1,11,13,17H2,2-4H3,(H,31,36)(H,29,32,33)/t18-/m1/s1. The van der Waals surface area contributed by atoms with Crippen molar-refractivity contribution in [3.8, 4) is 17.0 Å². The first kappa shape index (κ1) is 24.3. The molecule has 0 unspecified atom stereocenters. The number of methoxy groups -OCH3 is 1. The van der Waals surface area contributed by atoms with Crippen LogP contribution in [0.1, 0.15) is 6.42 Å². The third-order valence-corrected chi connectivity index (χ3v) is 6.76. The molecule has 1 amide bonds. The topological polar surface area (TPSA) is 98.4 Å². The molecule has 0 bridgehead atoms. The van der Waals surface area contributed by atoms with Crippen LogP contribution in [-0.2, 0) is 4.79 Å². The van der Waals surface area contributed by atoms with Crippen LogP contribution in [0.25, 0.3) is 22.2 Å². The zero-order valence-corrected chi connectivity index (χ0v) is 21.3. The molecule has 1 atom stereocenters. The lowest BCUT2D eigenvalue weighted by molar-refractivity contribution is -0.111. The number of para-hydroxylation sites is 1. The normalized spacial score (nSPS) is 15.2. The Morgan fingerprint density at radius 3 is 2.84 bits per heavy atom. The quantitative estimate of drug-likeness (QED) is 0.305. The highest BCUT2D eigenvalue weighted by atomic mass is 16.5. The van der Waals surface area contributed by atoms with Crippen LogP contribution in [0, 0.1) is 0 Å².